The van der Waals surface area contributed by atoms with Crippen LogP contribution in [0.15, 0.2) is 41.4 Å². The first-order chi connectivity index (χ1) is 18.3. The lowest BCUT2D eigenvalue weighted by molar-refractivity contribution is 0.0322. The number of piperidine rings is 1. The molecule has 3 aromatic rings. The van der Waals surface area contributed by atoms with Gasteiger partial charge in [-0.15, -0.1) is 11.8 Å². The quantitative estimate of drug-likeness (QED) is 0.233. The number of aliphatic hydroxyl groups is 1. The van der Waals surface area contributed by atoms with Crippen LogP contribution in [0, 0.1) is 22.9 Å². The maximum Gasteiger partial charge on any atom is 0.142 e. The predicted molar refractivity (Wildman–Crippen MR) is 142 cm³/mol. The molecule has 0 saturated carbocycles. The number of hydrogen-bond donors (Lipinski definition) is 2. The molecule has 1 saturated heterocycles. The molecule has 1 fully saturated rings. The van der Waals surface area contributed by atoms with Crippen LogP contribution in [0.25, 0.3) is 10.9 Å². The van der Waals surface area contributed by atoms with Gasteiger partial charge in [-0.25, -0.2) is 17.6 Å². The van der Waals surface area contributed by atoms with Crippen LogP contribution in [0.5, 0.6) is 5.75 Å². The van der Waals surface area contributed by atoms with Gasteiger partial charge >= 0.3 is 0 Å². The van der Waals surface area contributed by atoms with E-state index < -0.39 is 29.0 Å². The van der Waals surface area contributed by atoms with E-state index in [0.717, 1.165) is 11.8 Å². The number of halogens is 4. The number of aromatic nitrogens is 1. The number of nitrogens with zero attached hydrogens (tertiary/aromatic N) is 2. The van der Waals surface area contributed by atoms with Crippen LogP contribution < -0.4 is 10.5 Å². The van der Waals surface area contributed by atoms with Crippen molar-refractivity contribution in [1.82, 2.24) is 9.88 Å². The van der Waals surface area contributed by atoms with Crippen molar-refractivity contribution in [2.45, 2.75) is 43.3 Å². The van der Waals surface area contributed by atoms with Gasteiger partial charge in [-0.2, -0.15) is 0 Å². The van der Waals surface area contributed by atoms with Gasteiger partial charge in [0.2, 0.25) is 0 Å². The van der Waals surface area contributed by atoms with Crippen LogP contribution in [-0.2, 0) is 6.54 Å². The van der Waals surface area contributed by atoms with E-state index >= 15 is 4.39 Å². The SMILES string of the molecule is COc1ccc2ncc(CN)c(C(F)CCC3(CO)CCN(CCSc4c(F)cc(F)cc4F)CC3)c2c1. The van der Waals surface area contributed by atoms with Gasteiger partial charge in [0.25, 0.3) is 0 Å². The predicted octanol–water partition coefficient (Wildman–Crippen LogP) is 5.78. The Hall–Kier alpha value is -2.40. The van der Waals surface area contributed by atoms with Gasteiger partial charge in [0.1, 0.15) is 29.4 Å². The third kappa shape index (κ3) is 6.42. The van der Waals surface area contributed by atoms with Gasteiger partial charge in [0, 0.05) is 54.7 Å². The Kier molecular flexibility index (Phi) is 9.51. The zero-order chi connectivity index (χ0) is 27.3. The fourth-order valence-electron chi connectivity index (χ4n) is 5.15. The van der Waals surface area contributed by atoms with E-state index in [-0.39, 0.29) is 24.5 Å². The van der Waals surface area contributed by atoms with E-state index in [1.165, 1.54) is 0 Å². The second-order valence-electron chi connectivity index (χ2n) is 9.84. The molecule has 0 aliphatic carbocycles. The van der Waals surface area contributed by atoms with Crippen molar-refractivity contribution in [3.05, 3.63) is 65.1 Å². The van der Waals surface area contributed by atoms with Crippen LogP contribution in [0.2, 0.25) is 0 Å². The average Bonchev–Trinajstić information content (AvgIpc) is 2.92. The van der Waals surface area contributed by atoms with Crippen LogP contribution in [0.4, 0.5) is 17.6 Å². The Morgan fingerprint density at radius 2 is 1.87 bits per heavy atom. The molecule has 2 aromatic carbocycles. The van der Waals surface area contributed by atoms with Gasteiger partial charge in [-0.05, 0) is 68.0 Å². The number of thioether (sulfide) groups is 1. The molecule has 38 heavy (non-hydrogen) atoms. The minimum absolute atomic E-state index is 0.0387. The molecule has 0 bridgehead atoms. The third-order valence-corrected chi connectivity index (χ3v) is 8.60. The van der Waals surface area contributed by atoms with Crippen molar-refractivity contribution in [1.29, 1.82) is 0 Å². The highest BCUT2D eigenvalue weighted by molar-refractivity contribution is 7.99. The van der Waals surface area contributed by atoms with Crippen molar-refractivity contribution in [3.8, 4) is 5.75 Å². The highest BCUT2D eigenvalue weighted by Crippen LogP contribution is 2.41. The van der Waals surface area contributed by atoms with Crippen LogP contribution >= 0.6 is 11.8 Å². The number of alkyl halides is 1. The summed E-state index contributed by atoms with van der Waals surface area (Å²) in [5, 5.41) is 10.9. The average molecular weight is 552 g/mol. The van der Waals surface area contributed by atoms with Gasteiger partial charge in [-0.3, -0.25) is 4.98 Å². The van der Waals surface area contributed by atoms with Gasteiger partial charge < -0.3 is 20.5 Å². The number of benzene rings is 2. The Morgan fingerprint density at radius 1 is 1.16 bits per heavy atom. The van der Waals surface area contributed by atoms with Crippen molar-refractivity contribution >= 4 is 22.7 Å². The van der Waals surface area contributed by atoms with Crippen LogP contribution in [0.3, 0.4) is 0 Å². The number of nitrogens with two attached hydrogens (primary N) is 1. The van der Waals surface area contributed by atoms with E-state index in [4.69, 9.17) is 10.5 Å². The summed E-state index contributed by atoms with van der Waals surface area (Å²) >= 11 is 1.02. The summed E-state index contributed by atoms with van der Waals surface area (Å²) in [6.07, 6.45) is 2.48. The lowest BCUT2D eigenvalue weighted by atomic mass is 9.74. The highest BCUT2D eigenvalue weighted by Gasteiger charge is 2.35. The minimum atomic E-state index is -1.27. The van der Waals surface area contributed by atoms with Crippen molar-refractivity contribution in [3.63, 3.8) is 0 Å². The van der Waals surface area contributed by atoms with Gasteiger partial charge in [0.05, 0.1) is 17.5 Å². The molecule has 0 radical (unpaired) electrons. The number of pyridine rings is 1. The Balaban J connectivity index is 1.35. The molecular weight excluding hydrogens is 518 g/mol. The monoisotopic (exact) mass is 551 g/mol. The minimum Gasteiger partial charge on any atom is -0.497 e. The second-order valence-corrected chi connectivity index (χ2v) is 10.9. The second kappa shape index (κ2) is 12.6. The zero-order valence-electron chi connectivity index (χ0n) is 21.4. The standard InChI is InChI=1S/C28H33F4N3O2S/c1-37-20-2-3-25-21(14-20)26(18(15-33)16-34-25)22(30)4-5-28(17-36)6-8-35(9-7-28)10-11-38-27-23(31)12-19(29)13-24(27)32/h2-3,12-14,16,22,36H,4-11,15,17,33H2,1H3. The topological polar surface area (TPSA) is 71.6 Å². The van der Waals surface area contributed by atoms with Gasteiger partial charge in [0.15, 0.2) is 0 Å². The van der Waals surface area contributed by atoms with E-state index in [1.54, 1.807) is 31.5 Å². The number of rotatable bonds is 11. The molecule has 4 rings (SSSR count). The van der Waals surface area contributed by atoms with Crippen molar-refractivity contribution < 1.29 is 27.4 Å². The molecule has 10 heteroatoms. The molecule has 0 amide bonds. The molecule has 2 heterocycles. The fraction of sp³-hybridized carbons (Fsp3) is 0.464. The summed E-state index contributed by atoms with van der Waals surface area (Å²) in [4.78, 5) is 6.40. The number of methoxy groups -OCH3 is 1. The largest absolute Gasteiger partial charge is 0.497 e. The Labute approximate surface area is 224 Å². The summed E-state index contributed by atoms with van der Waals surface area (Å²) in [5.41, 5.74) is 7.37. The maximum absolute atomic E-state index is 15.8. The first-order valence-electron chi connectivity index (χ1n) is 12.7. The number of hydrogen-bond acceptors (Lipinski definition) is 6. The summed E-state index contributed by atoms with van der Waals surface area (Å²) in [6.45, 7) is 2.10. The molecule has 1 aromatic heterocycles. The fourth-order valence-corrected chi connectivity index (χ4v) is 6.10. The van der Waals surface area contributed by atoms with Crippen LogP contribution in [0.1, 0.15) is 43.0 Å². The molecule has 1 unspecified atom stereocenters. The third-order valence-electron chi connectivity index (χ3n) is 7.53. The molecular formula is C28H33F4N3O2S. The lowest BCUT2D eigenvalue weighted by Crippen LogP contribution is -2.43. The van der Waals surface area contributed by atoms with E-state index in [9.17, 15) is 18.3 Å². The molecule has 206 valence electrons. The molecule has 1 aliphatic heterocycles. The molecule has 1 aliphatic rings. The summed E-state index contributed by atoms with van der Waals surface area (Å²) in [5.74, 6) is -1.68. The Morgan fingerprint density at radius 3 is 2.50 bits per heavy atom. The number of ether oxygens (including phenoxy) is 1. The highest BCUT2D eigenvalue weighted by atomic mass is 32.2. The van der Waals surface area contributed by atoms with Gasteiger partial charge in [-0.1, -0.05) is 0 Å². The lowest BCUT2D eigenvalue weighted by Gasteiger charge is -2.41. The molecule has 3 N–H and O–H groups in total. The number of aliphatic hydroxyl groups excluding tert-OH is 1. The smallest absolute Gasteiger partial charge is 0.142 e. The molecule has 1 atom stereocenters. The first-order valence-corrected chi connectivity index (χ1v) is 13.7. The summed E-state index contributed by atoms with van der Waals surface area (Å²) in [7, 11) is 1.56. The van der Waals surface area contributed by atoms with Crippen molar-refractivity contribution in [2.75, 3.05) is 39.1 Å². The summed E-state index contributed by atoms with van der Waals surface area (Å²) in [6, 6.07) is 6.73. The van der Waals surface area contributed by atoms with E-state index in [2.05, 4.69) is 9.88 Å². The Bertz CT molecular complexity index is 1230. The summed E-state index contributed by atoms with van der Waals surface area (Å²) < 4.78 is 62.0. The van der Waals surface area contributed by atoms with E-state index in [0.29, 0.717) is 84.6 Å². The molecule has 5 nitrogen and oxygen atoms in total. The van der Waals surface area contributed by atoms with E-state index in [1.807, 2.05) is 0 Å². The molecule has 0 spiro atoms. The maximum atomic E-state index is 15.8. The first kappa shape index (κ1) is 28.6. The number of fused-ring (bicyclic) bond motifs is 1. The number of likely N-dealkylation sites (tertiary alicyclic amines) is 1. The normalized spacial score (nSPS) is 16.6. The van der Waals surface area contributed by atoms with Crippen LogP contribution in [-0.4, -0.2) is 54.1 Å². The van der Waals surface area contributed by atoms with Crippen molar-refractivity contribution in [2.24, 2.45) is 11.1 Å². The zero-order valence-corrected chi connectivity index (χ0v) is 22.2.